The van der Waals surface area contributed by atoms with Crippen molar-refractivity contribution in [1.82, 2.24) is 9.80 Å². The third-order valence-electron chi connectivity index (χ3n) is 6.52. The SMILES string of the molecule is CC(C)N1C[C@H](c2ccc3c(c2)OCO3)[C@@H]2[C@H]1C1CCN2CC1. The maximum absolute atomic E-state index is 5.62. The normalized spacial score (nSPS) is 38.3. The molecule has 5 aliphatic heterocycles. The molecule has 0 N–H and O–H groups in total. The van der Waals surface area contributed by atoms with Crippen LogP contribution in [0, 0.1) is 5.92 Å². The van der Waals surface area contributed by atoms with Gasteiger partial charge < -0.3 is 9.47 Å². The quantitative estimate of drug-likeness (QED) is 0.838. The van der Waals surface area contributed by atoms with Crippen LogP contribution in [0.25, 0.3) is 0 Å². The van der Waals surface area contributed by atoms with Gasteiger partial charge in [0, 0.05) is 30.6 Å². The van der Waals surface area contributed by atoms with Crippen molar-refractivity contribution in [2.45, 2.75) is 50.7 Å². The number of fused-ring (bicyclic) bond motifs is 3. The summed E-state index contributed by atoms with van der Waals surface area (Å²) < 4.78 is 11.1. The number of nitrogens with zero attached hydrogens (tertiary/aromatic N) is 2. The minimum Gasteiger partial charge on any atom is -0.454 e. The molecule has 0 radical (unpaired) electrons. The topological polar surface area (TPSA) is 24.9 Å². The standard InChI is InChI=1S/C19H26N2O2/c1-12(2)21-10-15(14-3-4-16-17(9-14)23-11-22-16)19-18(21)13-5-7-20(19)8-6-13/h3-4,9,12-13,15,18-19H,5-8,10-11H2,1-2H3/t15-,18-,19-/m1/s1. The van der Waals surface area contributed by atoms with Gasteiger partial charge in [0.25, 0.3) is 0 Å². The molecule has 4 fully saturated rings. The molecule has 6 rings (SSSR count). The molecule has 1 aromatic rings. The molecule has 4 saturated heterocycles. The fourth-order valence-corrected chi connectivity index (χ4v) is 5.47. The minimum atomic E-state index is 0.363. The Kier molecular flexibility index (Phi) is 3.14. The van der Waals surface area contributed by atoms with Crippen molar-refractivity contribution >= 4 is 0 Å². The van der Waals surface area contributed by atoms with Crippen LogP contribution in [-0.2, 0) is 0 Å². The highest BCUT2D eigenvalue weighted by Gasteiger charge is 2.53. The molecule has 0 unspecified atom stereocenters. The van der Waals surface area contributed by atoms with Gasteiger partial charge in [-0.1, -0.05) is 6.07 Å². The highest BCUT2D eigenvalue weighted by molar-refractivity contribution is 5.46. The monoisotopic (exact) mass is 314 g/mol. The molecule has 3 atom stereocenters. The first-order chi connectivity index (χ1) is 11.2. The first-order valence-corrected chi connectivity index (χ1v) is 9.12. The first kappa shape index (κ1) is 14.1. The number of ether oxygens (including phenoxy) is 2. The van der Waals surface area contributed by atoms with E-state index in [1.807, 2.05) is 0 Å². The molecule has 23 heavy (non-hydrogen) atoms. The van der Waals surface area contributed by atoms with Gasteiger partial charge in [0.2, 0.25) is 6.79 Å². The van der Waals surface area contributed by atoms with Crippen LogP contribution in [0.2, 0.25) is 0 Å². The van der Waals surface area contributed by atoms with E-state index in [9.17, 15) is 0 Å². The Hall–Kier alpha value is -1.26. The van der Waals surface area contributed by atoms with Crippen molar-refractivity contribution < 1.29 is 9.47 Å². The second-order valence-corrected chi connectivity index (χ2v) is 7.86. The van der Waals surface area contributed by atoms with E-state index in [2.05, 4.69) is 41.8 Å². The predicted octanol–water partition coefficient (Wildman–Crippen LogP) is 2.69. The van der Waals surface area contributed by atoms with E-state index in [0.717, 1.165) is 23.5 Å². The third kappa shape index (κ3) is 2.04. The highest BCUT2D eigenvalue weighted by Crippen LogP contribution is 2.48. The van der Waals surface area contributed by atoms with Gasteiger partial charge in [-0.3, -0.25) is 9.80 Å². The van der Waals surface area contributed by atoms with Crippen molar-refractivity contribution in [2.24, 2.45) is 5.92 Å². The van der Waals surface area contributed by atoms with Gasteiger partial charge in [0.05, 0.1) is 0 Å². The Balaban J connectivity index is 1.52. The number of hydrogen-bond acceptors (Lipinski definition) is 4. The van der Waals surface area contributed by atoms with Gasteiger partial charge in [-0.25, -0.2) is 0 Å². The van der Waals surface area contributed by atoms with Gasteiger partial charge in [0.15, 0.2) is 11.5 Å². The summed E-state index contributed by atoms with van der Waals surface area (Å²) in [7, 11) is 0. The summed E-state index contributed by atoms with van der Waals surface area (Å²) in [4.78, 5) is 5.54. The molecule has 0 saturated carbocycles. The molecule has 5 heterocycles. The van der Waals surface area contributed by atoms with E-state index in [4.69, 9.17) is 9.47 Å². The number of likely N-dealkylation sites (tertiary alicyclic amines) is 1. The van der Waals surface area contributed by atoms with Gasteiger partial charge in [0.1, 0.15) is 0 Å². The lowest BCUT2D eigenvalue weighted by atomic mass is 9.75. The van der Waals surface area contributed by atoms with Crippen molar-refractivity contribution in [3.63, 3.8) is 0 Å². The van der Waals surface area contributed by atoms with Crippen LogP contribution in [0.4, 0.5) is 0 Å². The zero-order chi connectivity index (χ0) is 15.6. The maximum atomic E-state index is 5.62. The lowest BCUT2D eigenvalue weighted by Gasteiger charge is -2.52. The molecule has 0 spiro atoms. The average Bonchev–Trinajstić information content (AvgIpc) is 3.20. The van der Waals surface area contributed by atoms with E-state index < -0.39 is 0 Å². The lowest BCUT2D eigenvalue weighted by molar-refractivity contribution is -0.0145. The summed E-state index contributed by atoms with van der Waals surface area (Å²) in [5.41, 5.74) is 1.43. The fraction of sp³-hybridized carbons (Fsp3) is 0.684. The average molecular weight is 314 g/mol. The number of benzene rings is 1. The van der Waals surface area contributed by atoms with Crippen molar-refractivity contribution in [2.75, 3.05) is 26.4 Å². The summed E-state index contributed by atoms with van der Waals surface area (Å²) in [5, 5.41) is 0. The van der Waals surface area contributed by atoms with Crippen molar-refractivity contribution in [1.29, 1.82) is 0 Å². The molecular weight excluding hydrogens is 288 g/mol. The summed E-state index contributed by atoms with van der Waals surface area (Å²) in [5.74, 6) is 3.32. The summed E-state index contributed by atoms with van der Waals surface area (Å²) in [6.07, 6.45) is 2.77. The van der Waals surface area contributed by atoms with E-state index in [1.165, 1.54) is 38.0 Å². The zero-order valence-electron chi connectivity index (χ0n) is 14.1. The summed E-state index contributed by atoms with van der Waals surface area (Å²) in [6, 6.07) is 8.65. The number of piperidine rings is 3. The number of rotatable bonds is 2. The molecule has 5 aliphatic rings. The van der Waals surface area contributed by atoms with Crippen LogP contribution < -0.4 is 9.47 Å². The smallest absolute Gasteiger partial charge is 0.231 e. The maximum Gasteiger partial charge on any atom is 0.231 e. The Bertz CT molecular complexity index is 609. The molecular formula is C19H26N2O2. The zero-order valence-corrected chi connectivity index (χ0v) is 14.1. The summed E-state index contributed by atoms with van der Waals surface area (Å²) >= 11 is 0. The van der Waals surface area contributed by atoms with Crippen LogP contribution in [0.5, 0.6) is 11.5 Å². The van der Waals surface area contributed by atoms with E-state index in [0.29, 0.717) is 24.8 Å². The first-order valence-electron chi connectivity index (χ1n) is 9.12. The Morgan fingerprint density at radius 3 is 2.61 bits per heavy atom. The lowest BCUT2D eigenvalue weighted by Crippen LogP contribution is -2.60. The molecule has 0 amide bonds. The third-order valence-corrected chi connectivity index (χ3v) is 6.52. The Morgan fingerprint density at radius 1 is 1.04 bits per heavy atom. The van der Waals surface area contributed by atoms with Crippen LogP contribution in [0.15, 0.2) is 18.2 Å². The fourth-order valence-electron chi connectivity index (χ4n) is 5.47. The largest absolute Gasteiger partial charge is 0.454 e. The minimum absolute atomic E-state index is 0.363. The van der Waals surface area contributed by atoms with E-state index in [-0.39, 0.29) is 0 Å². The van der Waals surface area contributed by atoms with Crippen LogP contribution in [0.1, 0.15) is 38.2 Å². The highest BCUT2D eigenvalue weighted by atomic mass is 16.7. The predicted molar refractivity (Wildman–Crippen MR) is 89.0 cm³/mol. The number of hydrogen-bond donors (Lipinski definition) is 0. The van der Waals surface area contributed by atoms with Gasteiger partial charge in [-0.05, 0) is 63.4 Å². The molecule has 4 nitrogen and oxygen atoms in total. The van der Waals surface area contributed by atoms with Crippen LogP contribution >= 0.6 is 0 Å². The van der Waals surface area contributed by atoms with Gasteiger partial charge >= 0.3 is 0 Å². The Morgan fingerprint density at radius 2 is 1.83 bits per heavy atom. The van der Waals surface area contributed by atoms with E-state index in [1.54, 1.807) is 0 Å². The molecule has 124 valence electrons. The molecule has 1 aromatic carbocycles. The molecule has 0 aliphatic carbocycles. The Labute approximate surface area is 138 Å². The van der Waals surface area contributed by atoms with Crippen molar-refractivity contribution in [3.8, 4) is 11.5 Å². The molecule has 0 aromatic heterocycles. The van der Waals surface area contributed by atoms with Crippen molar-refractivity contribution in [3.05, 3.63) is 23.8 Å². The van der Waals surface area contributed by atoms with Crippen LogP contribution in [-0.4, -0.2) is 54.4 Å². The second kappa shape index (κ2) is 5.12. The summed E-state index contributed by atoms with van der Waals surface area (Å²) in [6.45, 7) is 8.84. The van der Waals surface area contributed by atoms with Gasteiger partial charge in [-0.2, -0.15) is 0 Å². The molecule has 2 bridgehead atoms. The van der Waals surface area contributed by atoms with E-state index >= 15 is 0 Å². The van der Waals surface area contributed by atoms with Crippen LogP contribution in [0.3, 0.4) is 0 Å². The molecule has 4 heteroatoms. The second-order valence-electron chi connectivity index (χ2n) is 7.86. The van der Waals surface area contributed by atoms with Gasteiger partial charge in [-0.15, -0.1) is 0 Å².